The Morgan fingerprint density at radius 2 is 1.41 bits per heavy atom. The van der Waals surface area contributed by atoms with E-state index < -0.39 is 13.8 Å². The molecule has 0 bridgehead atoms. The zero-order valence-electron chi connectivity index (χ0n) is 16.5. The summed E-state index contributed by atoms with van der Waals surface area (Å²) in [7, 11) is 6.58. The summed E-state index contributed by atoms with van der Waals surface area (Å²) in [5.41, 5.74) is 1.11. The van der Waals surface area contributed by atoms with Crippen molar-refractivity contribution in [2.75, 3.05) is 42.4 Å². The van der Waals surface area contributed by atoms with Crippen LogP contribution in [0.25, 0.3) is 0 Å². The minimum Gasteiger partial charge on any atom is -0.497 e. The van der Waals surface area contributed by atoms with Gasteiger partial charge in [0.05, 0.1) is 14.2 Å². The predicted molar refractivity (Wildman–Crippen MR) is 106 cm³/mol. The third-order valence-electron chi connectivity index (χ3n) is 4.17. The van der Waals surface area contributed by atoms with Crippen LogP contribution < -0.4 is 14.0 Å². The summed E-state index contributed by atoms with van der Waals surface area (Å²) in [5.74, 6) is 1.58. The van der Waals surface area contributed by atoms with Crippen LogP contribution >= 0.6 is 7.67 Å². The highest BCUT2D eigenvalue weighted by Gasteiger charge is 2.33. The van der Waals surface area contributed by atoms with Crippen molar-refractivity contribution in [1.29, 1.82) is 0 Å². The maximum Gasteiger partial charge on any atom is 0.394 e. The molecule has 0 aromatic heterocycles. The molecule has 8 heteroatoms. The molecular weight excluding hydrogens is 367 g/mol. The first-order valence-corrected chi connectivity index (χ1v) is 9.91. The van der Waals surface area contributed by atoms with Crippen molar-refractivity contribution in [2.24, 2.45) is 0 Å². The molecule has 0 spiro atoms. The number of rotatable bonds is 8. The van der Waals surface area contributed by atoms with Gasteiger partial charge in [0.25, 0.3) is 0 Å². The van der Waals surface area contributed by atoms with Crippen LogP contribution in [-0.2, 0) is 4.57 Å². The Balaban J connectivity index is 2.48. The molecule has 2 aromatic rings. The van der Waals surface area contributed by atoms with Gasteiger partial charge in [0.2, 0.25) is 0 Å². The molecule has 0 saturated carbocycles. The Morgan fingerprint density at radius 1 is 0.889 bits per heavy atom. The zero-order chi connectivity index (χ0) is 20.2. The highest BCUT2D eigenvalue weighted by Crippen LogP contribution is 2.52. The molecule has 0 fully saturated rings. The second-order valence-electron chi connectivity index (χ2n) is 6.36. The van der Waals surface area contributed by atoms with Crippen molar-refractivity contribution in [2.45, 2.75) is 6.10 Å². The fraction of sp³-hybridized carbons (Fsp3) is 0.368. The van der Waals surface area contributed by atoms with Gasteiger partial charge in [0, 0.05) is 5.56 Å². The van der Waals surface area contributed by atoms with Crippen molar-refractivity contribution in [3.05, 3.63) is 53.6 Å². The minimum atomic E-state index is -3.28. The van der Waals surface area contributed by atoms with Gasteiger partial charge < -0.3 is 19.1 Å². The molecule has 1 atom stereocenters. The molecule has 0 aliphatic rings. The van der Waals surface area contributed by atoms with Gasteiger partial charge in [-0.25, -0.2) is 13.9 Å². The van der Waals surface area contributed by atoms with Crippen LogP contribution in [-0.4, -0.2) is 56.9 Å². The van der Waals surface area contributed by atoms with Gasteiger partial charge in [-0.2, -0.15) is 0 Å². The molecule has 0 amide bonds. The zero-order valence-corrected chi connectivity index (χ0v) is 17.4. The van der Waals surface area contributed by atoms with E-state index in [2.05, 4.69) is 0 Å². The largest absolute Gasteiger partial charge is 0.497 e. The molecule has 2 rings (SSSR count). The first kappa shape index (κ1) is 21.3. The van der Waals surface area contributed by atoms with Crippen LogP contribution in [0.4, 0.5) is 0 Å². The van der Waals surface area contributed by atoms with Crippen molar-refractivity contribution < 1.29 is 23.7 Å². The van der Waals surface area contributed by atoms with Crippen LogP contribution in [0.1, 0.15) is 17.2 Å². The molecule has 0 aliphatic heterocycles. The maximum absolute atomic E-state index is 13.2. The number of nitrogens with zero attached hydrogens (tertiary/aromatic N) is 2. The van der Waals surface area contributed by atoms with Gasteiger partial charge in [0.1, 0.15) is 23.4 Å². The van der Waals surface area contributed by atoms with E-state index in [1.165, 1.54) is 9.34 Å². The van der Waals surface area contributed by atoms with Gasteiger partial charge in [-0.1, -0.05) is 12.1 Å². The van der Waals surface area contributed by atoms with E-state index in [1.54, 1.807) is 84.9 Å². The van der Waals surface area contributed by atoms with Gasteiger partial charge in [-0.05, 0) is 64.1 Å². The summed E-state index contributed by atoms with van der Waals surface area (Å²) in [6, 6.07) is 12.1. The number of methoxy groups -OCH3 is 2. The highest BCUT2D eigenvalue weighted by molar-refractivity contribution is 7.54. The summed E-state index contributed by atoms with van der Waals surface area (Å²) in [6.07, 6.45) is -0.987. The average Bonchev–Trinajstić information content (AvgIpc) is 2.67. The molecule has 0 radical (unpaired) electrons. The van der Waals surface area contributed by atoms with Crippen LogP contribution in [0.3, 0.4) is 0 Å². The standard InChI is InChI=1S/C19H27N2O5P/c1-20(2)27(23,21(3)4)26-18-12-11-16(25-6)13-17(18)19(22)14-7-9-15(24-5)10-8-14/h7-13,19,22H,1-6H3/t19-/m0/s1. The maximum atomic E-state index is 13.2. The quantitative estimate of drug-likeness (QED) is 0.688. The van der Waals surface area contributed by atoms with Crippen molar-refractivity contribution >= 4 is 7.67 Å². The summed E-state index contributed by atoms with van der Waals surface area (Å²) >= 11 is 0. The first-order chi connectivity index (χ1) is 12.7. The Kier molecular flexibility index (Phi) is 6.89. The van der Waals surface area contributed by atoms with Gasteiger partial charge in [-0.15, -0.1) is 0 Å². The molecule has 27 heavy (non-hydrogen) atoms. The normalized spacial score (nSPS) is 12.9. The molecule has 0 saturated heterocycles. The Bertz CT molecular complexity index is 796. The third kappa shape index (κ3) is 4.62. The fourth-order valence-electron chi connectivity index (χ4n) is 2.57. The molecule has 2 aromatic carbocycles. The first-order valence-electron chi connectivity index (χ1n) is 8.38. The SMILES string of the molecule is COc1ccc([C@H](O)c2cc(OC)ccc2OP(=O)(N(C)C)N(C)C)cc1. The van der Waals surface area contributed by atoms with E-state index in [0.29, 0.717) is 28.4 Å². The van der Waals surface area contributed by atoms with Crippen molar-refractivity contribution in [3.8, 4) is 17.2 Å². The number of hydrogen-bond donors (Lipinski definition) is 1. The minimum absolute atomic E-state index is 0.324. The van der Waals surface area contributed by atoms with Gasteiger partial charge in [-0.3, -0.25) is 0 Å². The molecule has 1 N–H and O–H groups in total. The average molecular weight is 394 g/mol. The summed E-state index contributed by atoms with van der Waals surface area (Å²) in [5, 5.41) is 10.9. The van der Waals surface area contributed by atoms with Crippen molar-refractivity contribution in [3.63, 3.8) is 0 Å². The summed E-state index contributed by atoms with van der Waals surface area (Å²) < 4.78 is 32.6. The molecule has 0 heterocycles. The van der Waals surface area contributed by atoms with Gasteiger partial charge in [0.15, 0.2) is 0 Å². The van der Waals surface area contributed by atoms with Gasteiger partial charge >= 0.3 is 7.67 Å². The topological polar surface area (TPSA) is 71.5 Å². The lowest BCUT2D eigenvalue weighted by Crippen LogP contribution is -2.25. The lowest BCUT2D eigenvalue weighted by Gasteiger charge is -2.31. The van der Waals surface area contributed by atoms with Crippen molar-refractivity contribution in [1.82, 2.24) is 9.34 Å². The Morgan fingerprint density at radius 3 is 1.89 bits per heavy atom. The molecular formula is C19H27N2O5P. The van der Waals surface area contributed by atoms with E-state index in [-0.39, 0.29) is 0 Å². The lowest BCUT2D eigenvalue weighted by molar-refractivity contribution is 0.215. The second-order valence-corrected chi connectivity index (χ2v) is 9.12. The molecule has 0 aliphatic carbocycles. The van der Waals surface area contributed by atoms with Crippen LogP contribution in [0.2, 0.25) is 0 Å². The Labute approximate surface area is 160 Å². The monoisotopic (exact) mass is 394 g/mol. The summed E-state index contributed by atoms with van der Waals surface area (Å²) in [4.78, 5) is 0. The lowest BCUT2D eigenvalue weighted by atomic mass is 10.0. The highest BCUT2D eigenvalue weighted by atomic mass is 31.2. The van der Waals surface area contributed by atoms with E-state index in [9.17, 15) is 9.67 Å². The number of hydrogen-bond acceptors (Lipinski definition) is 5. The number of aliphatic hydroxyl groups excluding tert-OH is 1. The molecule has 7 nitrogen and oxygen atoms in total. The summed E-state index contributed by atoms with van der Waals surface area (Å²) in [6.45, 7) is 0. The molecule has 148 valence electrons. The van der Waals surface area contributed by atoms with E-state index >= 15 is 0 Å². The smallest absolute Gasteiger partial charge is 0.394 e. The predicted octanol–water partition coefficient (Wildman–Crippen LogP) is 3.40. The van der Waals surface area contributed by atoms with Crippen LogP contribution in [0, 0.1) is 0 Å². The van der Waals surface area contributed by atoms with Crippen LogP contribution in [0.5, 0.6) is 17.2 Å². The number of benzene rings is 2. The van der Waals surface area contributed by atoms with E-state index in [1.807, 2.05) is 0 Å². The molecule has 0 unspecified atom stereocenters. The second kappa shape index (κ2) is 8.76. The third-order valence-corrected chi connectivity index (χ3v) is 6.63. The Hall–Kier alpha value is -2.05. The number of aliphatic hydroxyl groups is 1. The number of ether oxygens (including phenoxy) is 2. The fourth-order valence-corrected chi connectivity index (χ4v) is 4.03. The van der Waals surface area contributed by atoms with Crippen LogP contribution in [0.15, 0.2) is 42.5 Å². The van der Waals surface area contributed by atoms with E-state index in [4.69, 9.17) is 14.0 Å². The van der Waals surface area contributed by atoms with E-state index in [0.717, 1.165) is 0 Å².